The van der Waals surface area contributed by atoms with E-state index in [1.165, 1.54) is 5.56 Å². The van der Waals surface area contributed by atoms with E-state index < -0.39 is 0 Å². The van der Waals surface area contributed by atoms with E-state index in [9.17, 15) is 4.79 Å². The van der Waals surface area contributed by atoms with E-state index >= 15 is 0 Å². The first-order valence-corrected chi connectivity index (χ1v) is 10.2. The van der Waals surface area contributed by atoms with Crippen LogP contribution in [0.25, 0.3) is 22.1 Å². The van der Waals surface area contributed by atoms with Gasteiger partial charge in [0.05, 0.1) is 12.1 Å². The highest BCUT2D eigenvalue weighted by atomic mass is 79.9. The number of hydrogen-bond donors (Lipinski definition) is 0. The lowest BCUT2D eigenvalue weighted by Gasteiger charge is -2.31. The Kier molecular flexibility index (Phi) is 4.40. The summed E-state index contributed by atoms with van der Waals surface area (Å²) in [6, 6.07) is 21.8. The van der Waals surface area contributed by atoms with Crippen LogP contribution < -0.4 is 15.3 Å². The van der Waals surface area contributed by atoms with Crippen LogP contribution >= 0.6 is 15.9 Å². The monoisotopic (exact) mass is 447 g/mol. The molecule has 0 amide bonds. The van der Waals surface area contributed by atoms with E-state index in [1.807, 2.05) is 67.6 Å². The fourth-order valence-electron chi connectivity index (χ4n) is 3.72. The quantitative estimate of drug-likeness (QED) is 0.359. The van der Waals surface area contributed by atoms with Crippen molar-refractivity contribution in [2.24, 2.45) is 0 Å². The van der Waals surface area contributed by atoms with Crippen LogP contribution in [0.2, 0.25) is 0 Å². The van der Waals surface area contributed by atoms with Gasteiger partial charge in [-0.25, -0.2) is 4.79 Å². The largest absolute Gasteiger partial charge is 0.473 e. The Hall–Kier alpha value is -3.05. The third-order valence-corrected chi connectivity index (χ3v) is 5.78. The fourth-order valence-corrected chi connectivity index (χ4v) is 3.99. The van der Waals surface area contributed by atoms with Crippen molar-refractivity contribution < 1.29 is 9.15 Å². The van der Waals surface area contributed by atoms with Crippen LogP contribution in [0.15, 0.2) is 80.4 Å². The molecule has 4 aromatic rings. The van der Waals surface area contributed by atoms with Crippen LogP contribution in [-0.2, 0) is 6.54 Å². The molecule has 3 aromatic carbocycles. The molecule has 29 heavy (non-hydrogen) atoms. The summed E-state index contributed by atoms with van der Waals surface area (Å²) >= 11 is 3.47. The molecular weight excluding hydrogens is 430 g/mol. The van der Waals surface area contributed by atoms with E-state index in [0.29, 0.717) is 18.9 Å². The highest BCUT2D eigenvalue weighted by molar-refractivity contribution is 9.10. The van der Waals surface area contributed by atoms with Crippen LogP contribution in [0.3, 0.4) is 0 Å². The third-order valence-electron chi connectivity index (χ3n) is 5.25. The van der Waals surface area contributed by atoms with E-state index in [4.69, 9.17) is 9.15 Å². The minimum Gasteiger partial charge on any atom is -0.473 e. The van der Waals surface area contributed by atoms with Crippen LogP contribution in [0, 0.1) is 6.92 Å². The minimum absolute atomic E-state index is 0.359. The van der Waals surface area contributed by atoms with Gasteiger partial charge in [-0.05, 0) is 54.4 Å². The molecule has 0 radical (unpaired) electrons. The molecule has 0 aliphatic carbocycles. The van der Waals surface area contributed by atoms with Gasteiger partial charge in [-0.2, -0.15) is 0 Å². The molecule has 0 saturated carbocycles. The van der Waals surface area contributed by atoms with E-state index in [0.717, 1.165) is 38.0 Å². The zero-order chi connectivity index (χ0) is 20.0. The Morgan fingerprint density at radius 3 is 2.48 bits per heavy atom. The summed E-state index contributed by atoms with van der Waals surface area (Å²) in [5, 5.41) is 0.911. The second-order valence-electron chi connectivity index (χ2n) is 7.21. The number of nitrogens with zero attached hydrogens (tertiary/aromatic N) is 1. The Balaban J connectivity index is 1.65. The molecule has 0 unspecified atom stereocenters. The lowest BCUT2D eigenvalue weighted by Crippen LogP contribution is -2.32. The van der Waals surface area contributed by atoms with Gasteiger partial charge in [0.2, 0.25) is 0 Å². The standard InChI is InChI=1S/C24H18BrNO3/c1-15-2-4-16(5-3-15)20-12-23(27)29-24-19(20)10-11-22-21(24)13-26(14-28-22)18-8-6-17(25)7-9-18/h2-12H,13-14H2,1H3. The van der Waals surface area contributed by atoms with Crippen molar-refractivity contribution in [3.8, 4) is 16.9 Å². The summed E-state index contributed by atoms with van der Waals surface area (Å²) in [5.41, 5.74) is 5.22. The maximum absolute atomic E-state index is 12.4. The summed E-state index contributed by atoms with van der Waals surface area (Å²) in [6.07, 6.45) is 0. The maximum Gasteiger partial charge on any atom is 0.336 e. The number of anilines is 1. The molecule has 1 aromatic heterocycles. The SMILES string of the molecule is Cc1ccc(-c2cc(=O)oc3c4c(ccc23)OCN(c2ccc(Br)cc2)C4)cc1. The van der Waals surface area contributed by atoms with Crippen LogP contribution in [0.5, 0.6) is 5.75 Å². The number of fused-ring (bicyclic) bond motifs is 3. The molecule has 4 nitrogen and oxygen atoms in total. The van der Waals surface area contributed by atoms with Gasteiger partial charge in [-0.3, -0.25) is 0 Å². The first kappa shape index (κ1) is 18.0. The molecule has 144 valence electrons. The molecule has 0 N–H and O–H groups in total. The number of hydrogen-bond acceptors (Lipinski definition) is 4. The highest BCUT2D eigenvalue weighted by Gasteiger charge is 2.23. The third kappa shape index (κ3) is 3.32. The number of halogens is 1. The van der Waals surface area contributed by atoms with Gasteiger partial charge < -0.3 is 14.1 Å². The molecule has 5 heteroatoms. The lowest BCUT2D eigenvalue weighted by atomic mass is 9.98. The molecule has 0 atom stereocenters. The molecule has 0 fully saturated rings. The molecular formula is C24H18BrNO3. The Morgan fingerprint density at radius 2 is 1.72 bits per heavy atom. The Morgan fingerprint density at radius 1 is 0.966 bits per heavy atom. The highest BCUT2D eigenvalue weighted by Crippen LogP contribution is 2.37. The van der Waals surface area contributed by atoms with Crippen LogP contribution in [-0.4, -0.2) is 6.73 Å². The average molecular weight is 448 g/mol. The summed E-state index contributed by atoms with van der Waals surface area (Å²) in [5.74, 6) is 0.759. The predicted octanol–water partition coefficient (Wildman–Crippen LogP) is 5.89. The summed E-state index contributed by atoms with van der Waals surface area (Å²) < 4.78 is 12.7. The van der Waals surface area contributed by atoms with Crippen molar-refractivity contribution >= 4 is 32.6 Å². The maximum atomic E-state index is 12.4. The van der Waals surface area contributed by atoms with Gasteiger partial charge in [-0.15, -0.1) is 0 Å². The number of ether oxygens (including phenoxy) is 1. The van der Waals surface area contributed by atoms with E-state index in [-0.39, 0.29) is 5.63 Å². The molecule has 1 aliphatic heterocycles. The molecule has 0 saturated heterocycles. The molecule has 0 bridgehead atoms. The normalized spacial score (nSPS) is 13.2. The van der Waals surface area contributed by atoms with Gasteiger partial charge in [0.25, 0.3) is 0 Å². The van der Waals surface area contributed by atoms with Crippen molar-refractivity contribution in [1.29, 1.82) is 0 Å². The Labute approximate surface area is 176 Å². The van der Waals surface area contributed by atoms with E-state index in [1.54, 1.807) is 6.07 Å². The second-order valence-corrected chi connectivity index (χ2v) is 8.13. The summed E-state index contributed by atoms with van der Waals surface area (Å²) in [7, 11) is 0. The van der Waals surface area contributed by atoms with Crippen molar-refractivity contribution in [1.82, 2.24) is 0 Å². The smallest absolute Gasteiger partial charge is 0.336 e. The minimum atomic E-state index is -0.359. The second kappa shape index (κ2) is 7.08. The van der Waals surface area contributed by atoms with Crippen LogP contribution in [0.4, 0.5) is 5.69 Å². The predicted molar refractivity (Wildman–Crippen MR) is 118 cm³/mol. The van der Waals surface area contributed by atoms with Gasteiger partial charge in [0, 0.05) is 21.6 Å². The van der Waals surface area contributed by atoms with Gasteiger partial charge in [0.1, 0.15) is 11.3 Å². The average Bonchev–Trinajstić information content (AvgIpc) is 2.74. The Bertz CT molecular complexity index is 1260. The number of benzene rings is 3. The lowest BCUT2D eigenvalue weighted by molar-refractivity contribution is 0.289. The number of rotatable bonds is 2. The van der Waals surface area contributed by atoms with Crippen molar-refractivity contribution in [2.45, 2.75) is 13.5 Å². The molecule has 1 aliphatic rings. The first-order chi connectivity index (χ1) is 14.1. The summed E-state index contributed by atoms with van der Waals surface area (Å²) in [4.78, 5) is 14.5. The molecule has 5 rings (SSSR count). The van der Waals surface area contributed by atoms with Crippen molar-refractivity contribution in [3.05, 3.63) is 92.7 Å². The van der Waals surface area contributed by atoms with Gasteiger partial charge in [0.15, 0.2) is 6.73 Å². The molecule has 2 heterocycles. The fraction of sp³-hybridized carbons (Fsp3) is 0.125. The zero-order valence-electron chi connectivity index (χ0n) is 15.8. The van der Waals surface area contributed by atoms with Crippen molar-refractivity contribution in [3.63, 3.8) is 0 Å². The first-order valence-electron chi connectivity index (χ1n) is 9.38. The van der Waals surface area contributed by atoms with Crippen LogP contribution in [0.1, 0.15) is 11.1 Å². The van der Waals surface area contributed by atoms with E-state index in [2.05, 4.69) is 20.8 Å². The number of aryl methyl sites for hydroxylation is 1. The summed E-state index contributed by atoms with van der Waals surface area (Å²) in [6.45, 7) is 3.10. The zero-order valence-corrected chi connectivity index (χ0v) is 17.4. The topological polar surface area (TPSA) is 42.7 Å². The van der Waals surface area contributed by atoms with Gasteiger partial charge >= 0.3 is 5.63 Å². The molecule has 0 spiro atoms. The van der Waals surface area contributed by atoms with Gasteiger partial charge in [-0.1, -0.05) is 45.8 Å². The van der Waals surface area contributed by atoms with Crippen molar-refractivity contribution in [2.75, 3.05) is 11.6 Å².